The van der Waals surface area contributed by atoms with Gasteiger partial charge in [0.05, 0.1) is 19.0 Å². The van der Waals surface area contributed by atoms with Crippen molar-refractivity contribution in [2.45, 2.75) is 64.9 Å². The minimum Gasteiger partial charge on any atom is -0.498 e. The zero-order chi connectivity index (χ0) is 21.2. The lowest BCUT2D eigenvalue weighted by Crippen LogP contribution is -2.29. The van der Waals surface area contributed by atoms with Gasteiger partial charge in [-0.15, -0.1) is 6.58 Å². The standard InChI is InChI=1S/C24H34F2O3/c1-5-7-8-18-10-12-20(28-15-18)16-29-19(6-2)11-9-17(3)21-13-14-22(27-4)24(26)23(21)25/h5,9,11,18,20H,1,6-8,10,12-16H2,2-4H3/b17-9+,19-11+. The maximum absolute atomic E-state index is 14.3. The van der Waals surface area contributed by atoms with Crippen LogP contribution in [0.15, 0.2) is 59.1 Å². The zero-order valence-electron chi connectivity index (χ0n) is 17.9. The maximum atomic E-state index is 14.3. The molecule has 0 aromatic carbocycles. The highest BCUT2D eigenvalue weighted by Gasteiger charge is 2.24. The third-order valence-electron chi connectivity index (χ3n) is 5.59. The van der Waals surface area contributed by atoms with Crippen molar-refractivity contribution in [3.05, 3.63) is 59.1 Å². The Morgan fingerprint density at radius 1 is 1.21 bits per heavy atom. The number of hydrogen-bond acceptors (Lipinski definition) is 3. The summed E-state index contributed by atoms with van der Waals surface area (Å²) in [6.07, 6.45) is 11.5. The van der Waals surface area contributed by atoms with Crippen LogP contribution in [0.3, 0.4) is 0 Å². The molecule has 5 heteroatoms. The van der Waals surface area contributed by atoms with Gasteiger partial charge < -0.3 is 14.2 Å². The molecule has 1 aliphatic heterocycles. The Labute approximate surface area is 173 Å². The summed E-state index contributed by atoms with van der Waals surface area (Å²) in [4.78, 5) is 0. The van der Waals surface area contributed by atoms with Crippen LogP contribution in [0.5, 0.6) is 0 Å². The minimum absolute atomic E-state index is 0.0754. The Balaban J connectivity index is 1.91. The lowest BCUT2D eigenvalue weighted by Gasteiger charge is -2.29. The van der Waals surface area contributed by atoms with Crippen molar-refractivity contribution in [3.8, 4) is 0 Å². The average Bonchev–Trinajstić information content (AvgIpc) is 2.74. The molecule has 2 atom stereocenters. The molecule has 0 spiro atoms. The number of allylic oxidation sites excluding steroid dienone is 9. The van der Waals surface area contributed by atoms with Gasteiger partial charge in [0.2, 0.25) is 0 Å². The van der Waals surface area contributed by atoms with Gasteiger partial charge in [0.1, 0.15) is 12.4 Å². The predicted octanol–water partition coefficient (Wildman–Crippen LogP) is 6.85. The van der Waals surface area contributed by atoms with Crippen LogP contribution >= 0.6 is 0 Å². The summed E-state index contributed by atoms with van der Waals surface area (Å²) in [6, 6.07) is 0. The third kappa shape index (κ3) is 6.84. The van der Waals surface area contributed by atoms with Crippen LogP contribution < -0.4 is 0 Å². The fourth-order valence-corrected chi connectivity index (χ4v) is 3.63. The van der Waals surface area contributed by atoms with Crippen LogP contribution in [0, 0.1) is 5.92 Å². The maximum Gasteiger partial charge on any atom is 0.196 e. The van der Waals surface area contributed by atoms with E-state index in [1.165, 1.54) is 7.11 Å². The van der Waals surface area contributed by atoms with Gasteiger partial charge >= 0.3 is 0 Å². The van der Waals surface area contributed by atoms with Crippen molar-refractivity contribution in [3.63, 3.8) is 0 Å². The van der Waals surface area contributed by atoms with Crippen LogP contribution in [-0.4, -0.2) is 26.4 Å². The first-order valence-electron chi connectivity index (χ1n) is 10.5. The van der Waals surface area contributed by atoms with E-state index in [9.17, 15) is 8.78 Å². The normalized spacial score (nSPS) is 24.0. The SMILES string of the molecule is C=CCCC1CCC(CO/C(=C/C=C(\C)C2=C(F)C(F)=C(OC)CC2)CC)OC1. The van der Waals surface area contributed by atoms with E-state index in [0.29, 0.717) is 36.5 Å². The molecule has 2 aliphatic rings. The fraction of sp³-hybridized carbons (Fsp3) is 0.583. The Kier molecular flexibility index (Phi) is 9.65. The molecular formula is C24H34F2O3. The van der Waals surface area contributed by atoms with Crippen molar-refractivity contribution < 1.29 is 23.0 Å². The van der Waals surface area contributed by atoms with Gasteiger partial charge in [-0.2, -0.15) is 0 Å². The largest absolute Gasteiger partial charge is 0.498 e. The van der Waals surface area contributed by atoms with Gasteiger partial charge in [0, 0.05) is 19.4 Å². The van der Waals surface area contributed by atoms with Crippen LogP contribution in [0.1, 0.15) is 58.8 Å². The molecule has 2 unspecified atom stereocenters. The Morgan fingerprint density at radius 3 is 2.62 bits per heavy atom. The van der Waals surface area contributed by atoms with Crippen molar-refractivity contribution in [1.29, 1.82) is 0 Å². The smallest absolute Gasteiger partial charge is 0.196 e. The summed E-state index contributed by atoms with van der Waals surface area (Å²) in [7, 11) is 1.36. The van der Waals surface area contributed by atoms with Gasteiger partial charge in [-0.05, 0) is 62.2 Å². The minimum atomic E-state index is -0.890. The summed E-state index contributed by atoms with van der Waals surface area (Å²) in [5, 5.41) is 0. The molecule has 0 saturated carbocycles. The molecule has 3 nitrogen and oxygen atoms in total. The highest BCUT2D eigenvalue weighted by molar-refractivity contribution is 5.43. The van der Waals surface area contributed by atoms with E-state index < -0.39 is 11.7 Å². The second-order valence-electron chi connectivity index (χ2n) is 7.65. The van der Waals surface area contributed by atoms with Crippen molar-refractivity contribution in [2.75, 3.05) is 20.3 Å². The van der Waals surface area contributed by atoms with E-state index in [4.69, 9.17) is 14.2 Å². The van der Waals surface area contributed by atoms with Gasteiger partial charge in [-0.25, -0.2) is 8.78 Å². The van der Waals surface area contributed by atoms with Gasteiger partial charge in [-0.3, -0.25) is 0 Å². The van der Waals surface area contributed by atoms with E-state index >= 15 is 0 Å². The number of halogens is 2. The third-order valence-corrected chi connectivity index (χ3v) is 5.59. The van der Waals surface area contributed by atoms with E-state index in [1.807, 2.05) is 19.1 Å². The summed E-state index contributed by atoms with van der Waals surface area (Å²) in [6.45, 7) is 8.87. The molecule has 0 amide bonds. The number of methoxy groups -OCH3 is 1. The topological polar surface area (TPSA) is 27.7 Å². The molecule has 0 aromatic rings. The molecule has 1 heterocycles. The fourth-order valence-electron chi connectivity index (χ4n) is 3.63. The first kappa shape index (κ1) is 23.4. The van der Waals surface area contributed by atoms with Crippen LogP contribution in [0.4, 0.5) is 8.78 Å². The second kappa shape index (κ2) is 12.0. The molecule has 0 N–H and O–H groups in total. The molecule has 0 radical (unpaired) electrons. The summed E-state index contributed by atoms with van der Waals surface area (Å²) in [5.74, 6) is -0.213. The molecule has 0 bridgehead atoms. The first-order valence-corrected chi connectivity index (χ1v) is 10.5. The summed E-state index contributed by atoms with van der Waals surface area (Å²) < 4.78 is 45.0. The Morgan fingerprint density at radius 2 is 2.00 bits per heavy atom. The molecule has 1 fully saturated rings. The van der Waals surface area contributed by atoms with Crippen molar-refractivity contribution in [2.24, 2.45) is 5.92 Å². The van der Waals surface area contributed by atoms with E-state index in [0.717, 1.165) is 44.5 Å². The lowest BCUT2D eigenvalue weighted by atomic mass is 9.94. The lowest BCUT2D eigenvalue weighted by molar-refractivity contribution is -0.0510. The highest BCUT2D eigenvalue weighted by atomic mass is 19.2. The molecule has 1 saturated heterocycles. The molecule has 0 aromatic heterocycles. The van der Waals surface area contributed by atoms with Crippen molar-refractivity contribution >= 4 is 0 Å². The zero-order valence-corrected chi connectivity index (χ0v) is 17.9. The molecule has 2 rings (SSSR count). The predicted molar refractivity (Wildman–Crippen MR) is 112 cm³/mol. The van der Waals surface area contributed by atoms with Crippen LogP contribution in [0.25, 0.3) is 0 Å². The van der Waals surface area contributed by atoms with Crippen molar-refractivity contribution in [1.82, 2.24) is 0 Å². The first-order chi connectivity index (χ1) is 14.0. The molecular weight excluding hydrogens is 374 g/mol. The Hall–Kier alpha value is -1.88. The van der Waals surface area contributed by atoms with E-state index in [2.05, 4.69) is 6.58 Å². The van der Waals surface area contributed by atoms with Crippen LogP contribution in [0.2, 0.25) is 0 Å². The number of rotatable bonds is 10. The van der Waals surface area contributed by atoms with Gasteiger partial charge in [-0.1, -0.05) is 19.1 Å². The molecule has 162 valence electrons. The molecule has 1 aliphatic carbocycles. The average molecular weight is 409 g/mol. The Bertz CT molecular complexity index is 680. The van der Waals surface area contributed by atoms with Crippen LogP contribution in [-0.2, 0) is 14.2 Å². The molecule has 29 heavy (non-hydrogen) atoms. The monoisotopic (exact) mass is 408 g/mol. The number of ether oxygens (including phenoxy) is 3. The quantitative estimate of drug-likeness (QED) is 0.225. The summed E-state index contributed by atoms with van der Waals surface area (Å²) >= 11 is 0. The second-order valence-corrected chi connectivity index (χ2v) is 7.65. The van der Waals surface area contributed by atoms with E-state index in [1.54, 1.807) is 13.0 Å². The van der Waals surface area contributed by atoms with E-state index in [-0.39, 0.29) is 11.9 Å². The summed E-state index contributed by atoms with van der Waals surface area (Å²) in [5.41, 5.74) is 1.08. The highest BCUT2D eigenvalue weighted by Crippen LogP contribution is 2.35. The van der Waals surface area contributed by atoms with Gasteiger partial charge in [0.15, 0.2) is 11.7 Å². The number of hydrogen-bond donors (Lipinski definition) is 0. The van der Waals surface area contributed by atoms with Gasteiger partial charge in [0.25, 0.3) is 0 Å².